The molecule has 0 unspecified atom stereocenters. The molecule has 0 aliphatic carbocycles. The molecular weight excluding hydrogens is 319 g/mol. The second-order valence-corrected chi connectivity index (χ2v) is 6.66. The first kappa shape index (κ1) is 19.0. The van der Waals surface area contributed by atoms with Crippen molar-refractivity contribution in [3.63, 3.8) is 0 Å². The van der Waals surface area contributed by atoms with Gasteiger partial charge in [-0.15, -0.1) is 0 Å². The predicted octanol–water partition coefficient (Wildman–Crippen LogP) is 3.46. The Morgan fingerprint density at radius 3 is 2.56 bits per heavy atom. The van der Waals surface area contributed by atoms with Gasteiger partial charge in [0.15, 0.2) is 5.96 Å². The van der Waals surface area contributed by atoms with E-state index in [1.165, 1.54) is 6.07 Å². The molecule has 136 valence electrons. The summed E-state index contributed by atoms with van der Waals surface area (Å²) in [4.78, 5) is 8.83. The molecule has 2 N–H and O–H groups in total. The van der Waals surface area contributed by atoms with E-state index in [0.717, 1.165) is 18.0 Å². The number of rotatable bonds is 6. The molecule has 0 bridgehead atoms. The van der Waals surface area contributed by atoms with E-state index in [1.807, 2.05) is 46.8 Å². The lowest BCUT2D eigenvalue weighted by Gasteiger charge is -2.27. The van der Waals surface area contributed by atoms with Gasteiger partial charge in [-0.25, -0.2) is 14.4 Å². The normalized spacial score (nSPS) is 12.3. The summed E-state index contributed by atoms with van der Waals surface area (Å²) in [6.45, 7) is 11.4. The van der Waals surface area contributed by atoms with Gasteiger partial charge in [-0.3, -0.25) is 0 Å². The monoisotopic (exact) mass is 346 g/mol. The molecule has 6 heteroatoms. The summed E-state index contributed by atoms with van der Waals surface area (Å²) in [5, 5.41) is 6.47. The first-order valence-electron chi connectivity index (χ1n) is 8.53. The fraction of sp³-hybridized carbons (Fsp3) is 0.474. The number of hydrogen-bond donors (Lipinski definition) is 2. The van der Waals surface area contributed by atoms with Crippen molar-refractivity contribution < 1.29 is 8.81 Å². The summed E-state index contributed by atoms with van der Waals surface area (Å²) in [6, 6.07) is 6.87. The van der Waals surface area contributed by atoms with Crippen LogP contribution in [0, 0.1) is 19.7 Å². The number of nitrogens with one attached hydrogen (secondary N) is 2. The fourth-order valence-corrected chi connectivity index (χ4v) is 2.51. The minimum atomic E-state index is -0.377. The van der Waals surface area contributed by atoms with Crippen molar-refractivity contribution in [3.05, 3.63) is 53.0 Å². The zero-order valence-corrected chi connectivity index (χ0v) is 15.6. The van der Waals surface area contributed by atoms with E-state index < -0.39 is 0 Å². The quantitative estimate of drug-likeness (QED) is 0.621. The third-order valence-electron chi connectivity index (χ3n) is 4.09. The van der Waals surface area contributed by atoms with Gasteiger partial charge in [0.1, 0.15) is 18.1 Å². The van der Waals surface area contributed by atoms with Crippen molar-refractivity contribution in [1.29, 1.82) is 0 Å². The highest BCUT2D eigenvalue weighted by Crippen LogP contribution is 2.24. The van der Waals surface area contributed by atoms with Crippen molar-refractivity contribution in [3.8, 4) is 0 Å². The van der Waals surface area contributed by atoms with Crippen LogP contribution in [0.15, 0.2) is 33.7 Å². The van der Waals surface area contributed by atoms with E-state index >= 15 is 0 Å². The van der Waals surface area contributed by atoms with Gasteiger partial charge >= 0.3 is 0 Å². The van der Waals surface area contributed by atoms with Crippen LogP contribution in [0.1, 0.15) is 43.7 Å². The molecule has 0 saturated heterocycles. The van der Waals surface area contributed by atoms with E-state index in [2.05, 4.69) is 20.6 Å². The van der Waals surface area contributed by atoms with Gasteiger partial charge in [0.2, 0.25) is 5.89 Å². The lowest BCUT2D eigenvalue weighted by atomic mass is 9.84. The van der Waals surface area contributed by atoms with Crippen LogP contribution < -0.4 is 10.6 Å². The Balaban J connectivity index is 2.05. The van der Waals surface area contributed by atoms with Crippen LogP contribution in [0.2, 0.25) is 0 Å². The maximum atomic E-state index is 14.1. The summed E-state index contributed by atoms with van der Waals surface area (Å²) in [5.41, 5.74) is 1.18. The number of aryl methyl sites for hydroxylation is 2. The smallest absolute Gasteiger partial charge is 0.216 e. The highest BCUT2D eigenvalue weighted by atomic mass is 19.1. The third kappa shape index (κ3) is 5.05. The first-order chi connectivity index (χ1) is 11.8. The van der Waals surface area contributed by atoms with E-state index in [4.69, 9.17) is 4.42 Å². The molecule has 0 aliphatic heterocycles. The minimum absolute atomic E-state index is 0.193. The van der Waals surface area contributed by atoms with Gasteiger partial charge < -0.3 is 15.1 Å². The molecule has 1 aromatic carbocycles. The molecule has 2 rings (SSSR count). The molecule has 1 heterocycles. The van der Waals surface area contributed by atoms with Gasteiger partial charge in [0.25, 0.3) is 0 Å². The average molecular weight is 346 g/mol. The van der Waals surface area contributed by atoms with Crippen molar-refractivity contribution in [1.82, 2.24) is 15.6 Å². The van der Waals surface area contributed by atoms with E-state index in [9.17, 15) is 4.39 Å². The Morgan fingerprint density at radius 1 is 1.24 bits per heavy atom. The summed E-state index contributed by atoms with van der Waals surface area (Å²) in [7, 11) is 0. The van der Waals surface area contributed by atoms with E-state index in [-0.39, 0.29) is 11.2 Å². The van der Waals surface area contributed by atoms with Crippen LogP contribution in [0.5, 0.6) is 0 Å². The Kier molecular flexibility index (Phi) is 6.17. The molecule has 2 aromatic rings. The molecule has 0 atom stereocenters. The fourth-order valence-electron chi connectivity index (χ4n) is 2.51. The molecule has 0 radical (unpaired) electrons. The first-order valence-corrected chi connectivity index (χ1v) is 8.53. The number of halogens is 1. The summed E-state index contributed by atoms with van der Waals surface area (Å²) < 4.78 is 19.6. The van der Waals surface area contributed by atoms with Gasteiger partial charge in [0.05, 0.1) is 5.69 Å². The van der Waals surface area contributed by atoms with Gasteiger partial charge in [-0.2, -0.15) is 0 Å². The Hall–Kier alpha value is -2.37. The van der Waals surface area contributed by atoms with Crippen molar-refractivity contribution in [2.24, 2.45) is 4.99 Å². The molecular formula is C19H27FN4O. The standard InChI is InChI=1S/C19H27FN4O/c1-6-21-18(22-11-17-24-13(2)14(3)25-17)23-12-19(4,5)15-9-7-8-10-16(15)20/h7-10H,6,11-12H2,1-5H3,(H2,21,22,23). The number of benzene rings is 1. The number of aromatic nitrogens is 1. The maximum Gasteiger partial charge on any atom is 0.216 e. The molecule has 0 fully saturated rings. The molecule has 5 nitrogen and oxygen atoms in total. The summed E-state index contributed by atoms with van der Waals surface area (Å²) in [5.74, 6) is 1.85. The van der Waals surface area contributed by atoms with Crippen LogP contribution >= 0.6 is 0 Å². The highest BCUT2D eigenvalue weighted by Gasteiger charge is 2.24. The van der Waals surface area contributed by atoms with Crippen LogP contribution in [0.25, 0.3) is 0 Å². The molecule has 0 aliphatic rings. The molecule has 25 heavy (non-hydrogen) atoms. The number of hydrogen-bond acceptors (Lipinski definition) is 3. The lowest BCUT2D eigenvalue weighted by Crippen LogP contribution is -2.43. The predicted molar refractivity (Wildman–Crippen MR) is 98.2 cm³/mol. The largest absolute Gasteiger partial charge is 0.444 e. The van der Waals surface area contributed by atoms with Crippen LogP contribution in [0.3, 0.4) is 0 Å². The van der Waals surface area contributed by atoms with Gasteiger partial charge in [0, 0.05) is 18.5 Å². The number of aliphatic imine (C=N–C) groups is 1. The number of guanidine groups is 1. The maximum absolute atomic E-state index is 14.1. The molecule has 1 aromatic heterocycles. The van der Waals surface area contributed by atoms with Crippen LogP contribution in [-0.2, 0) is 12.0 Å². The minimum Gasteiger partial charge on any atom is -0.444 e. The van der Waals surface area contributed by atoms with E-state index in [0.29, 0.717) is 30.5 Å². The Morgan fingerprint density at radius 2 is 1.96 bits per heavy atom. The van der Waals surface area contributed by atoms with Crippen LogP contribution in [0.4, 0.5) is 4.39 Å². The Bertz CT molecular complexity index is 717. The lowest BCUT2D eigenvalue weighted by molar-refractivity contribution is 0.467. The SMILES string of the molecule is CCNC(=NCc1nc(C)c(C)o1)NCC(C)(C)c1ccccc1F. The molecule has 0 saturated carbocycles. The summed E-state index contributed by atoms with van der Waals surface area (Å²) >= 11 is 0. The zero-order chi connectivity index (χ0) is 18.4. The topological polar surface area (TPSA) is 62.5 Å². The van der Waals surface area contributed by atoms with Crippen molar-refractivity contribution in [2.75, 3.05) is 13.1 Å². The number of oxazole rings is 1. The van der Waals surface area contributed by atoms with Gasteiger partial charge in [-0.1, -0.05) is 32.0 Å². The van der Waals surface area contributed by atoms with Crippen LogP contribution in [-0.4, -0.2) is 24.0 Å². The highest BCUT2D eigenvalue weighted by molar-refractivity contribution is 5.79. The second kappa shape index (κ2) is 8.14. The molecule has 0 amide bonds. The molecule has 0 spiro atoms. The zero-order valence-electron chi connectivity index (χ0n) is 15.6. The van der Waals surface area contributed by atoms with Crippen molar-refractivity contribution >= 4 is 5.96 Å². The van der Waals surface area contributed by atoms with Gasteiger partial charge in [-0.05, 0) is 32.4 Å². The third-order valence-corrected chi connectivity index (χ3v) is 4.09. The average Bonchev–Trinajstić information content (AvgIpc) is 2.88. The number of nitrogens with zero attached hydrogens (tertiary/aromatic N) is 2. The second-order valence-electron chi connectivity index (χ2n) is 6.66. The summed E-state index contributed by atoms with van der Waals surface area (Å²) in [6.07, 6.45) is 0. The van der Waals surface area contributed by atoms with E-state index in [1.54, 1.807) is 6.07 Å². The Labute approximate surface area is 148 Å². The van der Waals surface area contributed by atoms with Crippen molar-refractivity contribution in [2.45, 2.75) is 46.6 Å².